The summed E-state index contributed by atoms with van der Waals surface area (Å²) in [5, 5.41) is 1.18. The lowest BCUT2D eigenvalue weighted by molar-refractivity contribution is -0.431. The molecule has 0 bridgehead atoms. The minimum absolute atomic E-state index is 0.479. The molecule has 27 heavy (non-hydrogen) atoms. The maximum atomic E-state index is 11.2. The minimum Gasteiger partial charge on any atom is -0.278 e. The number of hydrogen-bond donors (Lipinski definition) is 2. The fourth-order valence-electron chi connectivity index (χ4n) is 4.36. The Hall–Kier alpha value is -2.15. The zero-order valence-electron chi connectivity index (χ0n) is 15.6. The molecule has 2 N–H and O–H groups in total. The van der Waals surface area contributed by atoms with Crippen LogP contribution < -0.4 is 4.31 Å². The number of aromatic nitrogens is 1. The largest absolute Gasteiger partial charge is 0.278 e. The van der Waals surface area contributed by atoms with Gasteiger partial charge in [0.05, 0.1) is 10.4 Å². The molecule has 2 aromatic rings. The number of fused-ring (bicyclic) bond motifs is 2. The van der Waals surface area contributed by atoms with E-state index in [9.17, 15) is 9.11 Å². The van der Waals surface area contributed by atoms with E-state index in [1.54, 1.807) is 4.31 Å². The summed E-state index contributed by atoms with van der Waals surface area (Å²) in [7, 11) is -3.05. The van der Waals surface area contributed by atoms with Crippen LogP contribution in [0, 0.1) is 6.92 Å². The highest BCUT2D eigenvalue weighted by Gasteiger charge is 2.44. The number of pyridine rings is 1. The van der Waals surface area contributed by atoms with Crippen LogP contribution in [-0.4, -0.2) is 31.0 Å². The Balaban J connectivity index is 1.76. The van der Waals surface area contributed by atoms with E-state index < -0.39 is 10.8 Å². The molecule has 0 unspecified atom stereocenters. The van der Waals surface area contributed by atoms with E-state index in [4.69, 9.17) is 4.98 Å². The van der Waals surface area contributed by atoms with Crippen molar-refractivity contribution < 1.29 is 13.7 Å². The first-order valence-corrected chi connectivity index (χ1v) is 10.9. The third-order valence-corrected chi connectivity index (χ3v) is 7.80. The molecule has 0 spiro atoms. The van der Waals surface area contributed by atoms with Crippen LogP contribution in [0.1, 0.15) is 37.4 Å². The van der Waals surface area contributed by atoms with Crippen LogP contribution in [0.15, 0.2) is 41.3 Å². The summed E-state index contributed by atoms with van der Waals surface area (Å²) in [4.78, 5) is 5.44. The number of nitrogens with zero attached hydrogens (tertiary/aromatic N) is 3. The fourth-order valence-corrected chi connectivity index (χ4v) is 5.99. The van der Waals surface area contributed by atoms with Gasteiger partial charge in [-0.05, 0) is 44.4 Å². The average Bonchev–Trinajstić information content (AvgIpc) is 3.06. The molecule has 2 aliphatic heterocycles. The predicted molar refractivity (Wildman–Crippen MR) is 112 cm³/mol. The lowest BCUT2D eigenvalue weighted by Crippen LogP contribution is -2.30. The number of aryl methyl sites for hydroxylation is 2. The van der Waals surface area contributed by atoms with Gasteiger partial charge in [-0.15, -0.1) is 0 Å². The second-order valence-electron chi connectivity index (χ2n) is 7.54. The number of hydrogen-bond acceptors (Lipinski definition) is 4. The Bertz CT molecular complexity index is 1070. The van der Waals surface area contributed by atoms with Gasteiger partial charge in [0.25, 0.3) is 0 Å². The monoisotopic (exact) mass is 382 g/mol. The number of allylic oxidation sites excluding steroid dienone is 4. The highest BCUT2D eigenvalue weighted by Crippen LogP contribution is 2.60. The minimum atomic E-state index is -3.05. The summed E-state index contributed by atoms with van der Waals surface area (Å²) in [5.41, 5.74) is 6.48. The van der Waals surface area contributed by atoms with Crippen LogP contribution in [0.2, 0.25) is 0 Å². The Labute approximate surface area is 160 Å². The molecule has 5 nitrogen and oxygen atoms in total. The molecule has 1 aromatic heterocycles. The second kappa shape index (κ2) is 5.92. The van der Waals surface area contributed by atoms with Gasteiger partial charge in [0.1, 0.15) is 5.69 Å². The summed E-state index contributed by atoms with van der Waals surface area (Å²) in [6.07, 6.45) is 9.33. The van der Waals surface area contributed by atoms with E-state index >= 15 is 0 Å². The summed E-state index contributed by atoms with van der Waals surface area (Å²) >= 11 is 0. The molecule has 0 saturated heterocycles. The molecule has 0 saturated carbocycles. The van der Waals surface area contributed by atoms with Crippen LogP contribution in [0.4, 0.5) is 11.4 Å². The lowest BCUT2D eigenvalue weighted by Gasteiger charge is -2.41. The van der Waals surface area contributed by atoms with E-state index in [-0.39, 0.29) is 0 Å². The second-order valence-corrected chi connectivity index (χ2v) is 9.55. The van der Waals surface area contributed by atoms with Gasteiger partial charge in [0.15, 0.2) is 5.71 Å². The first kappa shape index (κ1) is 17.0. The van der Waals surface area contributed by atoms with Crippen molar-refractivity contribution in [3.63, 3.8) is 0 Å². The Morgan fingerprint density at radius 1 is 1.15 bits per heavy atom. The smallest absolute Gasteiger partial charge is 0.242 e. The molecule has 1 aromatic carbocycles. The molecular formula is C21H24N3O2S+. The summed E-state index contributed by atoms with van der Waals surface area (Å²) < 4.78 is 26.5. The number of benzene rings is 1. The molecule has 0 atom stereocenters. The third-order valence-electron chi connectivity index (χ3n) is 5.83. The van der Waals surface area contributed by atoms with Crippen molar-refractivity contribution in [2.75, 3.05) is 11.0 Å². The zero-order valence-corrected chi connectivity index (χ0v) is 16.5. The van der Waals surface area contributed by atoms with E-state index in [1.165, 1.54) is 16.7 Å². The molecule has 3 heterocycles. The average molecular weight is 383 g/mol. The fraction of sp³-hybridized carbons (Fsp3) is 0.333. The van der Waals surface area contributed by atoms with Crippen molar-refractivity contribution in [2.24, 2.45) is 0 Å². The normalized spacial score (nSPS) is 19.6. The van der Waals surface area contributed by atoms with E-state index in [0.717, 1.165) is 41.8 Å². The van der Waals surface area contributed by atoms with Crippen molar-refractivity contribution in [3.05, 3.63) is 52.6 Å². The quantitative estimate of drug-likeness (QED) is 0.695. The van der Waals surface area contributed by atoms with Crippen molar-refractivity contribution in [2.45, 2.75) is 39.5 Å². The summed E-state index contributed by atoms with van der Waals surface area (Å²) in [5.74, 6) is 0. The van der Waals surface area contributed by atoms with Crippen LogP contribution in [0.3, 0.4) is 0 Å². The molecule has 0 amide bonds. The molecule has 0 radical (unpaired) electrons. The number of anilines is 1. The molecule has 1 aliphatic carbocycles. The van der Waals surface area contributed by atoms with Crippen LogP contribution in [0.25, 0.3) is 10.9 Å². The third kappa shape index (κ3) is 2.47. The Morgan fingerprint density at radius 3 is 2.78 bits per heavy atom. The van der Waals surface area contributed by atoms with Crippen molar-refractivity contribution in [1.82, 2.24) is 4.98 Å². The van der Waals surface area contributed by atoms with Gasteiger partial charge in [0, 0.05) is 30.0 Å². The van der Waals surface area contributed by atoms with Gasteiger partial charge in [0.2, 0.25) is 12.4 Å². The van der Waals surface area contributed by atoms with E-state index in [1.807, 2.05) is 25.1 Å². The van der Waals surface area contributed by atoms with E-state index in [2.05, 4.69) is 29.7 Å². The van der Waals surface area contributed by atoms with Gasteiger partial charge >= 0.3 is 0 Å². The first-order valence-electron chi connectivity index (χ1n) is 9.41. The van der Waals surface area contributed by atoms with Crippen molar-refractivity contribution in [1.29, 1.82) is 0 Å². The maximum absolute atomic E-state index is 11.2. The molecule has 140 valence electrons. The van der Waals surface area contributed by atoms with Crippen molar-refractivity contribution in [3.8, 4) is 0 Å². The van der Waals surface area contributed by atoms with Gasteiger partial charge in [-0.3, -0.25) is 14.1 Å². The summed E-state index contributed by atoms with van der Waals surface area (Å²) in [6.45, 7) is 4.61. The van der Waals surface area contributed by atoms with Crippen molar-refractivity contribution >= 4 is 38.8 Å². The standard InChI is InChI=1S/C21H23N3O2S/c1-14-8-10-17-18-11-9-15(2)23-13-24(20(21(18)23)12-19(17)22-14)27(25,26)16-6-4-3-5-7-16/h3-4,6,8,10,12H,5,7,9,11,13H2,1-2H3,(H-,25,26)/p+1. The van der Waals surface area contributed by atoms with Gasteiger partial charge in [-0.2, -0.15) is 4.58 Å². The van der Waals surface area contributed by atoms with Crippen LogP contribution in [-0.2, 0) is 6.42 Å². The Morgan fingerprint density at radius 2 is 2.00 bits per heavy atom. The SMILES string of the molecule is CC1=[N+]2CN(S(O)(O)C3=CC=CCC3)c3cc4nc(C)ccc4c(c32)CC1. The molecule has 0 fully saturated rings. The topological polar surface area (TPSA) is 59.6 Å². The number of rotatable bonds is 2. The Kier molecular flexibility index (Phi) is 3.73. The highest BCUT2D eigenvalue weighted by molar-refractivity contribution is 8.28. The molecule has 3 aliphatic rings. The predicted octanol–water partition coefficient (Wildman–Crippen LogP) is 5.27. The summed E-state index contributed by atoms with van der Waals surface area (Å²) in [6, 6.07) is 6.24. The van der Waals surface area contributed by atoms with Gasteiger partial charge < -0.3 is 0 Å². The molecular weight excluding hydrogens is 358 g/mol. The van der Waals surface area contributed by atoms with Crippen LogP contribution in [0.5, 0.6) is 0 Å². The van der Waals surface area contributed by atoms with Crippen LogP contribution >= 0.6 is 10.8 Å². The maximum Gasteiger partial charge on any atom is 0.242 e. The highest BCUT2D eigenvalue weighted by atomic mass is 32.3. The molecule has 5 rings (SSSR count). The first-order chi connectivity index (χ1) is 13.0. The van der Waals surface area contributed by atoms with E-state index in [0.29, 0.717) is 18.0 Å². The van der Waals surface area contributed by atoms with Gasteiger partial charge in [-0.1, -0.05) is 29.0 Å². The molecule has 6 heteroatoms. The van der Waals surface area contributed by atoms with Gasteiger partial charge in [-0.25, -0.2) is 4.31 Å². The zero-order chi connectivity index (χ0) is 18.8. The lowest BCUT2D eigenvalue weighted by atomic mass is 9.96.